The van der Waals surface area contributed by atoms with Gasteiger partial charge < -0.3 is 47.3 Å². The Morgan fingerprint density at radius 1 is 0.833 bits per heavy atom. The molecular formula is C40H66N8O6. The van der Waals surface area contributed by atoms with Crippen molar-refractivity contribution >= 4 is 36.2 Å². The molecule has 3 rings (SSSR count). The zero-order chi connectivity index (χ0) is 40.7. The first kappa shape index (κ1) is 49.5. The zero-order valence-electron chi connectivity index (χ0n) is 33.2. The molecule has 8 N–H and O–H groups in total. The van der Waals surface area contributed by atoms with Gasteiger partial charge in [0.1, 0.15) is 6.29 Å². The van der Waals surface area contributed by atoms with E-state index >= 15 is 0 Å². The van der Waals surface area contributed by atoms with Gasteiger partial charge in [0.15, 0.2) is 0 Å². The maximum Gasteiger partial charge on any atom is 0.284 e. The minimum absolute atomic E-state index is 0.00542. The van der Waals surface area contributed by atoms with E-state index in [1.807, 2.05) is 72.6 Å². The fourth-order valence-electron chi connectivity index (χ4n) is 4.95. The molecule has 4 amide bonds. The Labute approximate surface area is 322 Å². The van der Waals surface area contributed by atoms with Gasteiger partial charge in [0.05, 0.1) is 24.7 Å². The SMILES string of the molecule is CCCCN.CCNC(=O)C=O.CNC(CC(C)C)C(=O)NCC(=O)N1CCN(C)CC1.NC(Cc1ccccc1)C(=O)N[C@@H](C=O)Cc1ccccc1. The zero-order valence-corrected chi connectivity index (χ0v) is 33.2. The number of hydrogen-bond donors (Lipinski definition) is 6. The predicted molar refractivity (Wildman–Crippen MR) is 214 cm³/mol. The van der Waals surface area contributed by atoms with Gasteiger partial charge in [-0.2, -0.15) is 0 Å². The predicted octanol–water partition coefficient (Wildman–Crippen LogP) is 1.06. The first-order valence-electron chi connectivity index (χ1n) is 18.8. The Morgan fingerprint density at radius 3 is 1.80 bits per heavy atom. The van der Waals surface area contributed by atoms with Gasteiger partial charge >= 0.3 is 0 Å². The lowest BCUT2D eigenvalue weighted by Gasteiger charge is -2.32. The summed E-state index contributed by atoms with van der Waals surface area (Å²) in [6.07, 6.45) is 5.07. The Bertz CT molecular complexity index is 1320. The topological polar surface area (TPSA) is 209 Å². The van der Waals surface area contributed by atoms with Crippen molar-refractivity contribution in [3.05, 3.63) is 71.8 Å². The fraction of sp³-hybridized carbons (Fsp3) is 0.550. The third-order valence-corrected chi connectivity index (χ3v) is 8.08. The first-order chi connectivity index (χ1) is 25.8. The molecule has 1 saturated heterocycles. The molecule has 0 bridgehead atoms. The molecule has 0 radical (unpaired) electrons. The van der Waals surface area contributed by atoms with Crippen LogP contribution in [0.25, 0.3) is 0 Å². The molecule has 14 nitrogen and oxygen atoms in total. The first-order valence-corrected chi connectivity index (χ1v) is 18.8. The molecular weight excluding hydrogens is 688 g/mol. The summed E-state index contributed by atoms with van der Waals surface area (Å²) >= 11 is 0. The normalized spacial score (nSPS) is 13.8. The lowest BCUT2D eigenvalue weighted by Crippen LogP contribution is -2.51. The van der Waals surface area contributed by atoms with Crippen LogP contribution in [0.2, 0.25) is 0 Å². The van der Waals surface area contributed by atoms with Crippen LogP contribution in [-0.2, 0) is 41.6 Å². The van der Waals surface area contributed by atoms with E-state index in [0.29, 0.717) is 25.3 Å². The summed E-state index contributed by atoms with van der Waals surface area (Å²) in [5, 5.41) is 10.7. The smallest absolute Gasteiger partial charge is 0.284 e. The number of aldehydes is 2. The quantitative estimate of drug-likeness (QED) is 0.1000. The van der Waals surface area contributed by atoms with Crippen molar-refractivity contribution in [1.82, 2.24) is 31.1 Å². The Hall–Kier alpha value is -4.50. The van der Waals surface area contributed by atoms with E-state index in [2.05, 4.69) is 46.9 Å². The van der Waals surface area contributed by atoms with E-state index < -0.39 is 18.0 Å². The number of hydrogen-bond acceptors (Lipinski definition) is 10. The number of piperazine rings is 1. The number of amides is 4. The Kier molecular flexibility index (Phi) is 28.3. The van der Waals surface area contributed by atoms with Crippen molar-refractivity contribution in [1.29, 1.82) is 0 Å². The average Bonchev–Trinajstić information content (AvgIpc) is 3.17. The summed E-state index contributed by atoms with van der Waals surface area (Å²) in [6.45, 7) is 12.8. The summed E-state index contributed by atoms with van der Waals surface area (Å²) in [4.78, 5) is 70.7. The van der Waals surface area contributed by atoms with Crippen LogP contribution in [0.4, 0.5) is 0 Å². The number of nitrogens with zero attached hydrogens (tertiary/aromatic N) is 2. The third kappa shape index (κ3) is 23.9. The van der Waals surface area contributed by atoms with Gasteiger partial charge in [-0.05, 0) is 70.3 Å². The van der Waals surface area contributed by atoms with E-state index in [0.717, 1.165) is 56.6 Å². The van der Waals surface area contributed by atoms with Crippen LogP contribution in [0, 0.1) is 5.92 Å². The second-order valence-electron chi connectivity index (χ2n) is 13.3. The molecule has 0 aliphatic carbocycles. The van der Waals surface area contributed by atoms with Crippen molar-refractivity contribution in [3.63, 3.8) is 0 Å². The number of rotatable bonds is 17. The standard InChI is InChI=1S/C18H20N2O2.C14H28N4O2.C4H7NO2.C4H11N/c19-17(12-15-9-5-2-6-10-15)18(22)20-16(13-21)11-14-7-3-1-4-8-14;1-11(2)9-12(15-3)14(20)16-10-13(19)18-7-5-17(4)6-8-18;1-2-5-4(7)3-6;1-2-3-4-5/h1-10,13,16-17H,11-12,19H2,(H,20,22);11-12,15H,5-10H2,1-4H3,(H,16,20);3H,2H2,1H3,(H,5,7);2-5H2,1H3/t16-,17?;;;/m1.../s1. The van der Waals surface area contributed by atoms with Gasteiger partial charge in [-0.15, -0.1) is 0 Å². The highest BCUT2D eigenvalue weighted by Crippen LogP contribution is 2.06. The number of nitrogens with one attached hydrogen (secondary N) is 4. The highest BCUT2D eigenvalue weighted by Gasteiger charge is 2.22. The number of benzene rings is 2. The van der Waals surface area contributed by atoms with Crippen LogP contribution in [0.5, 0.6) is 0 Å². The van der Waals surface area contributed by atoms with Crippen molar-refractivity contribution in [2.24, 2.45) is 17.4 Å². The van der Waals surface area contributed by atoms with Crippen LogP contribution in [0.1, 0.15) is 58.1 Å². The minimum atomic E-state index is -0.666. The minimum Gasteiger partial charge on any atom is -0.350 e. The average molecular weight is 755 g/mol. The molecule has 54 heavy (non-hydrogen) atoms. The van der Waals surface area contributed by atoms with E-state index in [1.165, 1.54) is 12.8 Å². The lowest BCUT2D eigenvalue weighted by molar-refractivity contribution is -0.134. The Morgan fingerprint density at radius 2 is 1.39 bits per heavy atom. The number of unbranched alkanes of at least 4 members (excludes halogenated alkanes) is 1. The van der Waals surface area contributed by atoms with Gasteiger partial charge in [-0.25, -0.2) is 0 Å². The maximum absolute atomic E-state index is 12.1. The van der Waals surface area contributed by atoms with Crippen molar-refractivity contribution < 1.29 is 28.8 Å². The summed E-state index contributed by atoms with van der Waals surface area (Å²) in [7, 11) is 3.82. The number of carbonyl (C=O) groups excluding carboxylic acids is 6. The summed E-state index contributed by atoms with van der Waals surface area (Å²) in [6, 6.07) is 17.7. The van der Waals surface area contributed by atoms with Gasteiger partial charge in [0.2, 0.25) is 24.0 Å². The van der Waals surface area contributed by atoms with Crippen LogP contribution < -0.4 is 32.7 Å². The van der Waals surface area contributed by atoms with Gasteiger partial charge in [0, 0.05) is 32.7 Å². The van der Waals surface area contributed by atoms with Crippen LogP contribution in [0.3, 0.4) is 0 Å². The van der Waals surface area contributed by atoms with E-state index in [-0.39, 0.29) is 36.6 Å². The molecule has 1 aliphatic heterocycles. The third-order valence-electron chi connectivity index (χ3n) is 8.08. The molecule has 1 heterocycles. The summed E-state index contributed by atoms with van der Waals surface area (Å²) < 4.78 is 0. The van der Waals surface area contributed by atoms with Crippen LogP contribution >= 0.6 is 0 Å². The van der Waals surface area contributed by atoms with Crippen LogP contribution in [0.15, 0.2) is 60.7 Å². The number of nitrogens with two attached hydrogens (primary N) is 2. The molecule has 2 unspecified atom stereocenters. The second-order valence-corrected chi connectivity index (χ2v) is 13.3. The second kappa shape index (κ2) is 30.9. The van der Waals surface area contributed by atoms with E-state index in [4.69, 9.17) is 11.5 Å². The van der Waals surface area contributed by atoms with Crippen molar-refractivity contribution in [3.8, 4) is 0 Å². The molecule has 0 saturated carbocycles. The molecule has 14 heteroatoms. The van der Waals surface area contributed by atoms with Gasteiger partial charge in [-0.3, -0.25) is 24.0 Å². The molecule has 2 aromatic carbocycles. The summed E-state index contributed by atoms with van der Waals surface area (Å²) in [5.41, 5.74) is 13.0. The highest BCUT2D eigenvalue weighted by atomic mass is 16.2. The highest BCUT2D eigenvalue weighted by molar-refractivity contribution is 6.23. The largest absolute Gasteiger partial charge is 0.350 e. The van der Waals surface area contributed by atoms with Crippen LogP contribution in [-0.4, -0.2) is 124 Å². The van der Waals surface area contributed by atoms with E-state index in [9.17, 15) is 28.8 Å². The maximum atomic E-state index is 12.1. The monoisotopic (exact) mass is 755 g/mol. The molecule has 0 aromatic heterocycles. The lowest BCUT2D eigenvalue weighted by atomic mass is 10.0. The Balaban J connectivity index is 0.000000804. The van der Waals surface area contributed by atoms with Gasteiger partial charge in [-0.1, -0.05) is 87.9 Å². The molecule has 3 atom stereocenters. The van der Waals surface area contributed by atoms with E-state index in [1.54, 1.807) is 14.0 Å². The molecule has 0 spiro atoms. The summed E-state index contributed by atoms with van der Waals surface area (Å²) in [5.74, 6) is -0.513. The molecule has 302 valence electrons. The fourth-order valence-corrected chi connectivity index (χ4v) is 4.95. The van der Waals surface area contributed by atoms with Crippen molar-refractivity contribution in [2.45, 2.75) is 77.9 Å². The molecule has 1 aliphatic rings. The number of likely N-dealkylation sites (N-methyl/N-ethyl adjacent to an activating group) is 3. The van der Waals surface area contributed by atoms with Gasteiger partial charge in [0.25, 0.3) is 5.91 Å². The molecule has 2 aromatic rings. The van der Waals surface area contributed by atoms with Crippen molar-refractivity contribution in [2.75, 3.05) is 59.9 Å². The molecule has 1 fully saturated rings. The number of carbonyl (C=O) groups is 6.